The van der Waals surface area contributed by atoms with Crippen LogP contribution in [0.3, 0.4) is 0 Å². The Hall–Kier alpha value is -1.58. The molecular weight excluding hydrogens is 188 g/mol. The van der Waals surface area contributed by atoms with Crippen molar-refractivity contribution in [2.24, 2.45) is 0 Å². The maximum absolute atomic E-state index is 5.96. The summed E-state index contributed by atoms with van der Waals surface area (Å²) < 4.78 is 2.09. The second-order valence-electron chi connectivity index (χ2n) is 4.50. The van der Waals surface area contributed by atoms with E-state index in [1.807, 2.05) is 12.1 Å². The molecule has 2 aromatic heterocycles. The van der Waals surface area contributed by atoms with Crippen LogP contribution in [0.5, 0.6) is 0 Å². The van der Waals surface area contributed by atoms with Gasteiger partial charge in [0.2, 0.25) is 5.95 Å². The third kappa shape index (κ3) is 1.07. The Balaban J connectivity index is 2.29. The van der Waals surface area contributed by atoms with Gasteiger partial charge in [0.25, 0.3) is 0 Å². The van der Waals surface area contributed by atoms with E-state index in [-0.39, 0.29) is 5.54 Å². The van der Waals surface area contributed by atoms with Crippen LogP contribution in [-0.4, -0.2) is 14.5 Å². The lowest BCUT2D eigenvalue weighted by atomic mass is 9.78. The smallest absolute Gasteiger partial charge is 0.202 e. The summed E-state index contributed by atoms with van der Waals surface area (Å²) in [7, 11) is 0. The Bertz CT molecular complexity index is 510. The first-order valence-corrected chi connectivity index (χ1v) is 5.30. The second kappa shape index (κ2) is 2.72. The first-order valence-electron chi connectivity index (χ1n) is 5.30. The molecule has 0 aromatic carbocycles. The van der Waals surface area contributed by atoms with Gasteiger partial charge < -0.3 is 5.73 Å². The number of rotatable bonds is 1. The van der Waals surface area contributed by atoms with Gasteiger partial charge in [0.15, 0.2) is 5.65 Å². The lowest BCUT2D eigenvalue weighted by Crippen LogP contribution is -2.38. The topological polar surface area (TPSA) is 56.7 Å². The maximum atomic E-state index is 5.96. The molecule has 4 heteroatoms. The monoisotopic (exact) mass is 202 g/mol. The van der Waals surface area contributed by atoms with Crippen molar-refractivity contribution >= 4 is 17.1 Å². The van der Waals surface area contributed by atoms with Crippen LogP contribution in [0.1, 0.15) is 26.2 Å². The average molecular weight is 202 g/mol. The number of aromatic nitrogens is 3. The zero-order chi connectivity index (χ0) is 10.5. The van der Waals surface area contributed by atoms with Crippen molar-refractivity contribution in [2.75, 3.05) is 5.73 Å². The quantitative estimate of drug-likeness (QED) is 0.768. The molecule has 78 valence electrons. The molecule has 0 aliphatic heterocycles. The Labute approximate surface area is 88.1 Å². The van der Waals surface area contributed by atoms with Gasteiger partial charge in [0.05, 0.1) is 0 Å². The summed E-state index contributed by atoms with van der Waals surface area (Å²) in [5, 5.41) is 0. The van der Waals surface area contributed by atoms with Crippen molar-refractivity contribution in [1.29, 1.82) is 0 Å². The van der Waals surface area contributed by atoms with Crippen molar-refractivity contribution in [3.8, 4) is 0 Å². The lowest BCUT2D eigenvalue weighted by molar-refractivity contribution is 0.177. The number of nitrogens with two attached hydrogens (primary N) is 1. The van der Waals surface area contributed by atoms with Crippen molar-refractivity contribution < 1.29 is 0 Å². The molecular formula is C11H14N4. The molecule has 1 saturated carbocycles. The van der Waals surface area contributed by atoms with E-state index in [4.69, 9.17) is 5.73 Å². The third-order valence-corrected chi connectivity index (χ3v) is 3.41. The maximum Gasteiger partial charge on any atom is 0.202 e. The number of nitrogen functional groups attached to an aromatic ring is 1. The number of nitrogens with zero attached hydrogens (tertiary/aromatic N) is 3. The highest BCUT2D eigenvalue weighted by molar-refractivity contribution is 5.74. The number of fused-ring (bicyclic) bond motifs is 1. The van der Waals surface area contributed by atoms with Crippen LogP contribution in [-0.2, 0) is 5.54 Å². The molecule has 3 rings (SSSR count). The molecule has 15 heavy (non-hydrogen) atoms. The molecule has 2 aromatic rings. The van der Waals surface area contributed by atoms with E-state index in [2.05, 4.69) is 21.5 Å². The zero-order valence-corrected chi connectivity index (χ0v) is 8.77. The standard InChI is InChI=1S/C11H14N4/c1-11(5-3-6-11)15-9-8(14-10(15)12)4-2-7-13-9/h2,4,7H,3,5-6H2,1H3,(H2,12,14). The van der Waals surface area contributed by atoms with E-state index in [1.54, 1.807) is 6.20 Å². The Morgan fingerprint density at radius 3 is 2.93 bits per heavy atom. The summed E-state index contributed by atoms with van der Waals surface area (Å²) in [6.45, 7) is 2.22. The van der Waals surface area contributed by atoms with Crippen molar-refractivity contribution in [1.82, 2.24) is 14.5 Å². The van der Waals surface area contributed by atoms with Gasteiger partial charge in [-0.25, -0.2) is 9.97 Å². The van der Waals surface area contributed by atoms with Crippen LogP contribution in [0.25, 0.3) is 11.2 Å². The van der Waals surface area contributed by atoms with Gasteiger partial charge in [0.1, 0.15) is 5.52 Å². The minimum absolute atomic E-state index is 0.132. The van der Waals surface area contributed by atoms with Crippen LogP contribution in [0.2, 0.25) is 0 Å². The molecule has 2 heterocycles. The largest absolute Gasteiger partial charge is 0.369 e. The van der Waals surface area contributed by atoms with Crippen molar-refractivity contribution in [3.63, 3.8) is 0 Å². The van der Waals surface area contributed by atoms with Crippen LogP contribution in [0.15, 0.2) is 18.3 Å². The lowest BCUT2D eigenvalue weighted by Gasteiger charge is -2.40. The minimum Gasteiger partial charge on any atom is -0.369 e. The Morgan fingerprint density at radius 1 is 1.47 bits per heavy atom. The predicted octanol–water partition coefficient (Wildman–Crippen LogP) is 1.91. The molecule has 1 aliphatic carbocycles. The van der Waals surface area contributed by atoms with Gasteiger partial charge in [-0.05, 0) is 38.3 Å². The first-order chi connectivity index (χ1) is 7.21. The molecule has 0 radical (unpaired) electrons. The normalized spacial score (nSPS) is 19.0. The number of hydrogen-bond acceptors (Lipinski definition) is 3. The first kappa shape index (κ1) is 8.71. The molecule has 0 amide bonds. The van der Waals surface area contributed by atoms with Gasteiger partial charge in [0, 0.05) is 11.7 Å². The molecule has 2 N–H and O–H groups in total. The van der Waals surface area contributed by atoms with Crippen LogP contribution >= 0.6 is 0 Å². The summed E-state index contributed by atoms with van der Waals surface area (Å²) in [5.74, 6) is 0.589. The highest BCUT2D eigenvalue weighted by atomic mass is 15.2. The Kier molecular flexibility index (Phi) is 1.58. The number of hydrogen-bond donors (Lipinski definition) is 1. The summed E-state index contributed by atoms with van der Waals surface area (Å²) >= 11 is 0. The second-order valence-corrected chi connectivity index (χ2v) is 4.50. The summed E-state index contributed by atoms with van der Waals surface area (Å²) in [5.41, 5.74) is 7.90. The van der Waals surface area contributed by atoms with Crippen molar-refractivity contribution in [3.05, 3.63) is 18.3 Å². The molecule has 4 nitrogen and oxygen atoms in total. The van der Waals surface area contributed by atoms with E-state index >= 15 is 0 Å². The van der Waals surface area contributed by atoms with E-state index < -0.39 is 0 Å². The molecule has 1 fully saturated rings. The van der Waals surface area contributed by atoms with Crippen LogP contribution in [0, 0.1) is 0 Å². The van der Waals surface area contributed by atoms with E-state index in [0.717, 1.165) is 11.2 Å². The molecule has 0 spiro atoms. The van der Waals surface area contributed by atoms with Gasteiger partial charge >= 0.3 is 0 Å². The van der Waals surface area contributed by atoms with E-state index in [9.17, 15) is 0 Å². The highest BCUT2D eigenvalue weighted by Crippen LogP contribution is 2.41. The van der Waals surface area contributed by atoms with Gasteiger partial charge in [-0.2, -0.15) is 0 Å². The molecule has 0 saturated heterocycles. The van der Waals surface area contributed by atoms with Crippen LogP contribution < -0.4 is 5.73 Å². The number of imidazole rings is 1. The van der Waals surface area contributed by atoms with E-state index in [0.29, 0.717) is 5.95 Å². The zero-order valence-electron chi connectivity index (χ0n) is 8.77. The highest BCUT2D eigenvalue weighted by Gasteiger charge is 2.36. The predicted molar refractivity (Wildman–Crippen MR) is 59.4 cm³/mol. The summed E-state index contributed by atoms with van der Waals surface area (Å²) in [6, 6.07) is 3.85. The van der Waals surface area contributed by atoms with Crippen LogP contribution in [0.4, 0.5) is 5.95 Å². The molecule has 0 bridgehead atoms. The van der Waals surface area contributed by atoms with Gasteiger partial charge in [-0.3, -0.25) is 4.57 Å². The SMILES string of the molecule is CC1(n2c(N)nc3cccnc32)CCC1. The fourth-order valence-electron chi connectivity index (χ4n) is 2.37. The number of pyridine rings is 1. The fraction of sp³-hybridized carbons (Fsp3) is 0.455. The summed E-state index contributed by atoms with van der Waals surface area (Å²) in [4.78, 5) is 8.71. The minimum atomic E-state index is 0.132. The van der Waals surface area contributed by atoms with Gasteiger partial charge in [-0.15, -0.1) is 0 Å². The molecule has 1 aliphatic rings. The number of anilines is 1. The molecule has 0 unspecified atom stereocenters. The van der Waals surface area contributed by atoms with E-state index in [1.165, 1.54) is 19.3 Å². The van der Waals surface area contributed by atoms with Crippen molar-refractivity contribution in [2.45, 2.75) is 31.7 Å². The average Bonchev–Trinajstić information content (AvgIpc) is 2.51. The third-order valence-electron chi connectivity index (χ3n) is 3.41. The van der Waals surface area contributed by atoms with Gasteiger partial charge in [-0.1, -0.05) is 0 Å². The fourth-order valence-corrected chi connectivity index (χ4v) is 2.37. The Morgan fingerprint density at radius 2 is 2.27 bits per heavy atom. The summed E-state index contributed by atoms with van der Waals surface area (Å²) in [6.07, 6.45) is 5.39. The molecule has 0 atom stereocenters.